The minimum Gasteiger partial charge on any atom is -0.382 e. The summed E-state index contributed by atoms with van der Waals surface area (Å²) in [7, 11) is -3.22. The zero-order valence-corrected chi connectivity index (χ0v) is 14.8. The second kappa shape index (κ2) is 6.60. The Kier molecular flexibility index (Phi) is 4.50. The van der Waals surface area contributed by atoms with E-state index in [2.05, 4.69) is 15.0 Å². The minimum absolute atomic E-state index is 0.0681. The molecule has 3 rings (SSSR count). The molecule has 2 aromatic heterocycles. The van der Waals surface area contributed by atoms with E-state index in [9.17, 15) is 8.42 Å². The van der Waals surface area contributed by atoms with E-state index in [1.807, 2.05) is 19.1 Å². The Bertz CT molecular complexity index is 998. The van der Waals surface area contributed by atoms with E-state index in [1.165, 1.54) is 0 Å². The lowest BCUT2D eigenvalue weighted by Gasteiger charge is -2.08. The van der Waals surface area contributed by atoms with Crippen molar-refractivity contribution in [1.82, 2.24) is 15.0 Å². The highest BCUT2D eigenvalue weighted by molar-refractivity contribution is 7.91. The fourth-order valence-corrected chi connectivity index (χ4v) is 3.24. The van der Waals surface area contributed by atoms with Crippen molar-refractivity contribution in [2.75, 3.05) is 11.5 Å². The van der Waals surface area contributed by atoms with E-state index in [0.717, 1.165) is 16.8 Å². The first kappa shape index (κ1) is 17.0. The first-order chi connectivity index (χ1) is 11.9. The zero-order valence-electron chi connectivity index (χ0n) is 14.0. The van der Waals surface area contributed by atoms with E-state index in [1.54, 1.807) is 43.6 Å². The van der Waals surface area contributed by atoms with Crippen molar-refractivity contribution in [3.05, 3.63) is 54.5 Å². The van der Waals surface area contributed by atoms with Gasteiger partial charge in [-0.2, -0.15) is 0 Å². The fraction of sp³-hybridized carbons (Fsp3) is 0.167. The van der Waals surface area contributed by atoms with Gasteiger partial charge in [0.25, 0.3) is 0 Å². The lowest BCUT2D eigenvalue weighted by atomic mass is 10.1. The monoisotopic (exact) mass is 354 g/mol. The van der Waals surface area contributed by atoms with Crippen molar-refractivity contribution < 1.29 is 8.42 Å². The number of hydrogen-bond acceptors (Lipinski definition) is 6. The van der Waals surface area contributed by atoms with Gasteiger partial charge in [-0.25, -0.2) is 18.4 Å². The molecular formula is C18H18N4O2S. The Hall–Kier alpha value is -2.80. The zero-order chi connectivity index (χ0) is 18.0. The molecule has 0 aliphatic carbocycles. The Morgan fingerprint density at radius 1 is 0.960 bits per heavy atom. The minimum atomic E-state index is -3.22. The number of benzene rings is 1. The van der Waals surface area contributed by atoms with Crippen molar-refractivity contribution in [1.29, 1.82) is 0 Å². The Labute approximate surface area is 146 Å². The second-order valence-corrected chi connectivity index (χ2v) is 7.88. The summed E-state index contributed by atoms with van der Waals surface area (Å²) in [6.45, 7) is 3.53. The number of rotatable bonds is 4. The fourth-order valence-electron chi connectivity index (χ4n) is 2.36. The highest BCUT2D eigenvalue weighted by Gasteiger charge is 2.13. The van der Waals surface area contributed by atoms with Crippen LogP contribution in [0, 0.1) is 6.92 Å². The average molecular weight is 354 g/mol. The lowest BCUT2D eigenvalue weighted by Crippen LogP contribution is -2.03. The Morgan fingerprint density at radius 2 is 1.64 bits per heavy atom. The third-order valence-electron chi connectivity index (χ3n) is 3.87. The number of anilines is 1. The molecule has 128 valence electrons. The van der Waals surface area contributed by atoms with Gasteiger partial charge in [0, 0.05) is 23.0 Å². The number of aryl methyl sites for hydroxylation is 1. The number of nitrogens with zero attached hydrogens (tertiary/aromatic N) is 3. The molecule has 2 heterocycles. The Balaban J connectivity index is 2.01. The highest BCUT2D eigenvalue weighted by Crippen LogP contribution is 2.26. The van der Waals surface area contributed by atoms with Gasteiger partial charge in [0.15, 0.2) is 9.84 Å². The van der Waals surface area contributed by atoms with Gasteiger partial charge in [0.05, 0.1) is 22.5 Å². The first-order valence-corrected chi connectivity index (χ1v) is 9.44. The summed E-state index contributed by atoms with van der Waals surface area (Å²) in [5.74, 6) is 0.387. The van der Waals surface area contributed by atoms with Crippen molar-refractivity contribution >= 4 is 15.7 Å². The number of pyridine rings is 1. The van der Waals surface area contributed by atoms with Crippen LogP contribution < -0.4 is 5.73 Å². The third kappa shape index (κ3) is 3.51. The van der Waals surface area contributed by atoms with Gasteiger partial charge in [-0.15, -0.1) is 0 Å². The molecule has 25 heavy (non-hydrogen) atoms. The molecule has 0 unspecified atom stereocenters. The van der Waals surface area contributed by atoms with Gasteiger partial charge in [-0.05, 0) is 31.2 Å². The summed E-state index contributed by atoms with van der Waals surface area (Å²) < 4.78 is 23.8. The smallest absolute Gasteiger partial charge is 0.178 e. The first-order valence-electron chi connectivity index (χ1n) is 7.79. The number of hydrogen-bond donors (Lipinski definition) is 1. The van der Waals surface area contributed by atoms with Gasteiger partial charge in [-0.3, -0.25) is 4.98 Å². The van der Waals surface area contributed by atoms with Crippen LogP contribution in [0.5, 0.6) is 0 Å². The number of aromatic nitrogens is 3. The number of nitrogens with two attached hydrogens (primary N) is 1. The van der Waals surface area contributed by atoms with Crippen molar-refractivity contribution in [2.24, 2.45) is 0 Å². The standard InChI is InChI=1S/C18H18N4O2S/c1-3-25(23,24)15-8-6-13(7-9-15)16-11-21-18(19)17(22-16)14-5-4-12(2)20-10-14/h4-11H,3H2,1-2H3,(H2,19,21). The normalized spacial score (nSPS) is 11.4. The molecule has 7 heteroatoms. The maximum atomic E-state index is 11.9. The van der Waals surface area contributed by atoms with Gasteiger partial charge < -0.3 is 5.73 Å². The maximum Gasteiger partial charge on any atom is 0.178 e. The second-order valence-electron chi connectivity index (χ2n) is 5.61. The molecule has 3 aromatic rings. The van der Waals surface area contributed by atoms with Crippen LogP contribution in [0.2, 0.25) is 0 Å². The average Bonchev–Trinajstić information content (AvgIpc) is 2.63. The van der Waals surface area contributed by atoms with Crippen LogP contribution in [0.3, 0.4) is 0 Å². The van der Waals surface area contributed by atoms with Gasteiger partial charge in [-0.1, -0.05) is 19.1 Å². The number of sulfone groups is 1. The van der Waals surface area contributed by atoms with E-state index < -0.39 is 9.84 Å². The predicted octanol–water partition coefficient (Wildman–Crippen LogP) is 2.89. The van der Waals surface area contributed by atoms with Gasteiger partial charge in [0.2, 0.25) is 0 Å². The molecule has 0 aliphatic heterocycles. The summed E-state index contributed by atoms with van der Waals surface area (Å²) in [6, 6.07) is 10.4. The summed E-state index contributed by atoms with van der Waals surface area (Å²) in [4.78, 5) is 13.3. The third-order valence-corrected chi connectivity index (χ3v) is 5.63. The predicted molar refractivity (Wildman–Crippen MR) is 97.6 cm³/mol. The molecule has 0 bridgehead atoms. The van der Waals surface area contributed by atoms with Gasteiger partial charge >= 0.3 is 0 Å². The molecule has 6 nitrogen and oxygen atoms in total. The molecule has 1 aromatic carbocycles. The quantitative estimate of drug-likeness (QED) is 0.773. The van der Waals surface area contributed by atoms with Crippen molar-refractivity contribution in [2.45, 2.75) is 18.7 Å². The summed E-state index contributed by atoms with van der Waals surface area (Å²) in [5, 5.41) is 0. The van der Waals surface area contributed by atoms with E-state index in [0.29, 0.717) is 22.1 Å². The molecule has 0 fully saturated rings. The molecule has 0 aliphatic rings. The largest absolute Gasteiger partial charge is 0.382 e. The topological polar surface area (TPSA) is 98.8 Å². The van der Waals surface area contributed by atoms with Crippen LogP contribution in [0.25, 0.3) is 22.5 Å². The molecule has 0 amide bonds. The molecule has 0 saturated carbocycles. The molecule has 0 radical (unpaired) electrons. The van der Waals surface area contributed by atoms with Crippen molar-refractivity contribution in [3.63, 3.8) is 0 Å². The van der Waals surface area contributed by atoms with Crippen LogP contribution in [0.1, 0.15) is 12.6 Å². The maximum absolute atomic E-state index is 11.9. The van der Waals surface area contributed by atoms with Crippen LogP contribution in [-0.4, -0.2) is 29.1 Å². The van der Waals surface area contributed by atoms with Crippen molar-refractivity contribution in [3.8, 4) is 22.5 Å². The molecule has 2 N–H and O–H groups in total. The van der Waals surface area contributed by atoms with Crippen LogP contribution >= 0.6 is 0 Å². The summed E-state index contributed by atoms with van der Waals surface area (Å²) in [6.07, 6.45) is 3.28. The SMILES string of the molecule is CCS(=O)(=O)c1ccc(-c2cnc(N)c(-c3ccc(C)nc3)n2)cc1. The molecule has 0 saturated heterocycles. The van der Waals surface area contributed by atoms with Gasteiger partial charge in [0.1, 0.15) is 11.5 Å². The number of nitrogen functional groups attached to an aromatic ring is 1. The van der Waals surface area contributed by atoms with E-state index >= 15 is 0 Å². The summed E-state index contributed by atoms with van der Waals surface area (Å²) >= 11 is 0. The molecule has 0 atom stereocenters. The lowest BCUT2D eigenvalue weighted by molar-refractivity contribution is 0.597. The van der Waals surface area contributed by atoms with Crippen LogP contribution in [0.15, 0.2) is 53.7 Å². The molecular weight excluding hydrogens is 336 g/mol. The van der Waals surface area contributed by atoms with Crippen LogP contribution in [-0.2, 0) is 9.84 Å². The van der Waals surface area contributed by atoms with E-state index in [-0.39, 0.29) is 5.75 Å². The Morgan fingerprint density at radius 3 is 2.24 bits per heavy atom. The van der Waals surface area contributed by atoms with E-state index in [4.69, 9.17) is 5.73 Å². The molecule has 0 spiro atoms. The highest BCUT2D eigenvalue weighted by atomic mass is 32.2. The van der Waals surface area contributed by atoms with Crippen LogP contribution in [0.4, 0.5) is 5.82 Å². The summed E-state index contributed by atoms with van der Waals surface area (Å²) in [5.41, 5.74) is 9.57.